The third-order valence-corrected chi connectivity index (χ3v) is 2.94. The molecule has 0 aliphatic carbocycles. The van der Waals surface area contributed by atoms with E-state index in [2.05, 4.69) is 15.2 Å². The summed E-state index contributed by atoms with van der Waals surface area (Å²) < 4.78 is 10.9. The first-order chi connectivity index (χ1) is 9.28. The van der Waals surface area contributed by atoms with Crippen LogP contribution < -0.4 is 4.74 Å². The fraction of sp³-hybridized carbons (Fsp3) is 0.143. The van der Waals surface area contributed by atoms with E-state index in [-0.39, 0.29) is 0 Å². The molecule has 5 heteroatoms. The molecule has 2 heterocycles. The van der Waals surface area contributed by atoms with E-state index in [1.54, 1.807) is 19.5 Å². The molecule has 0 amide bonds. The van der Waals surface area contributed by atoms with Gasteiger partial charge in [0.05, 0.1) is 25.1 Å². The smallest absolute Gasteiger partial charge is 0.230 e. The quantitative estimate of drug-likeness (QED) is 0.781. The van der Waals surface area contributed by atoms with E-state index in [9.17, 15) is 0 Å². The lowest BCUT2D eigenvalue weighted by Gasteiger charge is -2.00. The molecule has 0 aliphatic heterocycles. The van der Waals surface area contributed by atoms with Crippen LogP contribution in [0.15, 0.2) is 41.1 Å². The molecule has 5 nitrogen and oxygen atoms in total. The fourth-order valence-corrected chi connectivity index (χ4v) is 1.85. The zero-order chi connectivity index (χ0) is 13.2. The summed E-state index contributed by atoms with van der Waals surface area (Å²) in [4.78, 5) is 4.28. The summed E-state index contributed by atoms with van der Waals surface area (Å²) in [6.07, 6.45) is 3.42. The molecule has 2 aromatic heterocycles. The van der Waals surface area contributed by atoms with E-state index in [1.807, 2.05) is 31.2 Å². The lowest BCUT2D eigenvalue weighted by Crippen LogP contribution is -1.81. The third-order valence-electron chi connectivity index (χ3n) is 2.94. The zero-order valence-electron chi connectivity index (χ0n) is 10.7. The van der Waals surface area contributed by atoms with Crippen molar-refractivity contribution < 1.29 is 9.15 Å². The average molecular weight is 255 g/mol. The van der Waals surface area contributed by atoms with Crippen LogP contribution in [0.2, 0.25) is 0 Å². The number of H-pyrrole nitrogens is 1. The lowest BCUT2D eigenvalue weighted by molar-refractivity contribution is 0.415. The van der Waals surface area contributed by atoms with Gasteiger partial charge in [0.15, 0.2) is 5.76 Å². The zero-order valence-corrected chi connectivity index (χ0v) is 10.7. The molecular formula is C14H13N3O2. The van der Waals surface area contributed by atoms with Crippen molar-refractivity contribution in [1.82, 2.24) is 15.2 Å². The molecular weight excluding hydrogens is 242 g/mol. The van der Waals surface area contributed by atoms with E-state index >= 15 is 0 Å². The Bertz CT molecular complexity index is 683. The van der Waals surface area contributed by atoms with Crippen LogP contribution in [-0.2, 0) is 0 Å². The number of aromatic amines is 1. The highest BCUT2D eigenvalue weighted by molar-refractivity contribution is 5.62. The maximum atomic E-state index is 5.76. The summed E-state index contributed by atoms with van der Waals surface area (Å²) in [5, 5.41) is 6.83. The van der Waals surface area contributed by atoms with Crippen molar-refractivity contribution in [2.45, 2.75) is 6.92 Å². The molecule has 0 fully saturated rings. The minimum absolute atomic E-state index is 0.567. The van der Waals surface area contributed by atoms with Crippen LogP contribution in [0.5, 0.6) is 5.75 Å². The predicted molar refractivity (Wildman–Crippen MR) is 70.8 cm³/mol. The van der Waals surface area contributed by atoms with E-state index < -0.39 is 0 Å². The lowest BCUT2D eigenvalue weighted by atomic mass is 10.2. The van der Waals surface area contributed by atoms with Crippen molar-refractivity contribution in [3.8, 4) is 28.5 Å². The molecule has 0 aliphatic rings. The summed E-state index contributed by atoms with van der Waals surface area (Å²) in [5.74, 6) is 2.10. The Balaban J connectivity index is 1.94. The number of nitrogens with zero attached hydrogens (tertiary/aromatic N) is 2. The number of benzene rings is 1. The molecule has 0 saturated heterocycles. The van der Waals surface area contributed by atoms with Crippen molar-refractivity contribution in [3.05, 3.63) is 42.4 Å². The Morgan fingerprint density at radius 2 is 1.95 bits per heavy atom. The van der Waals surface area contributed by atoms with Gasteiger partial charge in [0.2, 0.25) is 5.89 Å². The van der Waals surface area contributed by atoms with Crippen LogP contribution >= 0.6 is 0 Å². The molecule has 1 N–H and O–H groups in total. The van der Waals surface area contributed by atoms with Crippen molar-refractivity contribution in [2.75, 3.05) is 7.11 Å². The van der Waals surface area contributed by atoms with E-state index in [1.165, 1.54) is 0 Å². The third kappa shape index (κ3) is 2.10. The highest BCUT2D eigenvalue weighted by Crippen LogP contribution is 2.27. The second-order valence-electron chi connectivity index (χ2n) is 4.17. The highest BCUT2D eigenvalue weighted by atomic mass is 16.5. The van der Waals surface area contributed by atoms with Gasteiger partial charge in [-0.1, -0.05) is 0 Å². The number of hydrogen-bond donors (Lipinski definition) is 1. The minimum atomic E-state index is 0.567. The molecule has 0 atom stereocenters. The number of rotatable bonds is 3. The molecule has 19 heavy (non-hydrogen) atoms. The number of aryl methyl sites for hydroxylation is 1. The number of aromatic nitrogens is 3. The Hall–Kier alpha value is -2.56. The molecule has 0 spiro atoms. The molecule has 96 valence electrons. The van der Waals surface area contributed by atoms with Crippen LogP contribution in [0, 0.1) is 6.92 Å². The number of ether oxygens (including phenoxy) is 1. The van der Waals surface area contributed by atoms with Gasteiger partial charge in [0.25, 0.3) is 0 Å². The number of hydrogen-bond acceptors (Lipinski definition) is 4. The summed E-state index contributed by atoms with van der Waals surface area (Å²) in [5.41, 5.74) is 2.77. The molecule has 0 bridgehead atoms. The first-order valence-electron chi connectivity index (χ1n) is 5.88. The Morgan fingerprint density at radius 1 is 1.16 bits per heavy atom. The Labute approximate surface area is 110 Å². The van der Waals surface area contributed by atoms with Crippen LogP contribution in [0.25, 0.3) is 22.8 Å². The summed E-state index contributed by atoms with van der Waals surface area (Å²) in [6.45, 7) is 1.93. The Kier molecular flexibility index (Phi) is 2.79. The van der Waals surface area contributed by atoms with Crippen molar-refractivity contribution in [1.29, 1.82) is 0 Å². The first kappa shape index (κ1) is 11.5. The molecule has 0 unspecified atom stereocenters. The highest BCUT2D eigenvalue weighted by Gasteiger charge is 2.11. The fourth-order valence-electron chi connectivity index (χ4n) is 1.85. The molecule has 0 radical (unpaired) electrons. The van der Waals surface area contributed by atoms with Crippen molar-refractivity contribution in [3.63, 3.8) is 0 Å². The van der Waals surface area contributed by atoms with Crippen LogP contribution in [-0.4, -0.2) is 22.3 Å². The van der Waals surface area contributed by atoms with E-state index in [0.717, 1.165) is 28.3 Å². The Morgan fingerprint density at radius 3 is 2.58 bits per heavy atom. The molecule has 3 aromatic rings. The van der Waals surface area contributed by atoms with Crippen LogP contribution in [0.4, 0.5) is 0 Å². The summed E-state index contributed by atoms with van der Waals surface area (Å²) >= 11 is 0. The van der Waals surface area contributed by atoms with Gasteiger partial charge in [-0.3, -0.25) is 5.10 Å². The topological polar surface area (TPSA) is 63.9 Å². The van der Waals surface area contributed by atoms with Crippen LogP contribution in [0.3, 0.4) is 0 Å². The first-order valence-corrected chi connectivity index (χ1v) is 5.88. The molecule has 1 aromatic carbocycles. The van der Waals surface area contributed by atoms with Gasteiger partial charge >= 0.3 is 0 Å². The van der Waals surface area contributed by atoms with Crippen molar-refractivity contribution >= 4 is 0 Å². The van der Waals surface area contributed by atoms with Crippen LogP contribution in [0.1, 0.15) is 5.69 Å². The maximum Gasteiger partial charge on any atom is 0.230 e. The summed E-state index contributed by atoms with van der Waals surface area (Å²) in [6, 6.07) is 7.65. The number of nitrogens with one attached hydrogen (secondary N) is 1. The minimum Gasteiger partial charge on any atom is -0.497 e. The maximum absolute atomic E-state index is 5.76. The SMILES string of the molecule is COc1ccc(-c2cnc(-c3cn[nH]c3C)o2)cc1. The molecule has 3 rings (SSSR count). The monoisotopic (exact) mass is 255 g/mol. The van der Waals surface area contributed by atoms with E-state index in [4.69, 9.17) is 9.15 Å². The second kappa shape index (κ2) is 4.61. The van der Waals surface area contributed by atoms with Gasteiger partial charge in [0, 0.05) is 11.3 Å². The van der Waals surface area contributed by atoms with Gasteiger partial charge in [-0.15, -0.1) is 0 Å². The largest absolute Gasteiger partial charge is 0.497 e. The van der Waals surface area contributed by atoms with Gasteiger partial charge in [-0.2, -0.15) is 5.10 Å². The average Bonchev–Trinajstić information content (AvgIpc) is 3.07. The normalized spacial score (nSPS) is 10.6. The number of methoxy groups -OCH3 is 1. The van der Waals surface area contributed by atoms with E-state index in [0.29, 0.717) is 5.89 Å². The predicted octanol–water partition coefficient (Wildman–Crippen LogP) is 3.05. The van der Waals surface area contributed by atoms with Gasteiger partial charge in [-0.25, -0.2) is 4.98 Å². The van der Waals surface area contributed by atoms with Gasteiger partial charge in [0.1, 0.15) is 5.75 Å². The van der Waals surface area contributed by atoms with Gasteiger partial charge < -0.3 is 9.15 Å². The summed E-state index contributed by atoms with van der Waals surface area (Å²) in [7, 11) is 1.64. The molecule has 0 saturated carbocycles. The van der Waals surface area contributed by atoms with Crippen molar-refractivity contribution in [2.24, 2.45) is 0 Å². The van der Waals surface area contributed by atoms with Gasteiger partial charge in [-0.05, 0) is 31.2 Å². The number of oxazole rings is 1. The standard InChI is InChI=1S/C14H13N3O2/c1-9-12(7-16-17-9)14-15-8-13(19-14)10-3-5-11(18-2)6-4-10/h3-8H,1-2H3,(H,16,17). The second-order valence-corrected chi connectivity index (χ2v) is 4.17.